The van der Waals surface area contributed by atoms with Crippen LogP contribution in [-0.2, 0) is 0 Å². The molecule has 0 amide bonds. The summed E-state index contributed by atoms with van der Waals surface area (Å²) >= 11 is 0. The number of nitrogens with zero attached hydrogens (tertiary/aromatic N) is 2. The zero-order valence-electron chi connectivity index (χ0n) is 12.7. The van der Waals surface area contributed by atoms with Crippen molar-refractivity contribution in [2.24, 2.45) is 0 Å². The van der Waals surface area contributed by atoms with Crippen LogP contribution >= 0.6 is 0 Å². The van der Waals surface area contributed by atoms with Gasteiger partial charge in [0.15, 0.2) is 17.2 Å². The standard InChI is InChI=1S/2C8H5F2NO2/c1-11-6-3-2-5(12)4-7(6)13-8(9)10;1-11-5-2-3-6(12)7(4-5)13-8(9)10/h2*2-4,8,12H. The van der Waals surface area contributed by atoms with Gasteiger partial charge in [-0.05, 0) is 24.3 Å². The molecule has 0 radical (unpaired) electrons. The van der Waals surface area contributed by atoms with Crippen LogP contribution in [0.25, 0.3) is 9.69 Å². The van der Waals surface area contributed by atoms with Crippen molar-refractivity contribution < 1.29 is 37.2 Å². The first-order valence-electron chi connectivity index (χ1n) is 6.57. The van der Waals surface area contributed by atoms with Crippen molar-refractivity contribution in [2.75, 3.05) is 0 Å². The molecule has 10 heteroatoms. The van der Waals surface area contributed by atoms with Crippen LogP contribution < -0.4 is 9.47 Å². The molecule has 0 aliphatic heterocycles. The second kappa shape index (κ2) is 9.59. The summed E-state index contributed by atoms with van der Waals surface area (Å²) in [6, 6.07) is 6.89. The predicted octanol–water partition coefficient (Wildman–Crippen LogP) is 5.09. The number of rotatable bonds is 4. The van der Waals surface area contributed by atoms with E-state index in [1.54, 1.807) is 0 Å². The Labute approximate surface area is 145 Å². The van der Waals surface area contributed by atoms with Crippen LogP contribution in [0.5, 0.6) is 23.0 Å². The van der Waals surface area contributed by atoms with Gasteiger partial charge in [0.25, 0.3) is 0 Å². The van der Waals surface area contributed by atoms with E-state index < -0.39 is 19.0 Å². The highest BCUT2D eigenvalue weighted by Crippen LogP contribution is 2.32. The summed E-state index contributed by atoms with van der Waals surface area (Å²) in [7, 11) is 0. The molecule has 0 saturated heterocycles. The van der Waals surface area contributed by atoms with Gasteiger partial charge in [-0.2, -0.15) is 17.6 Å². The number of alkyl halides is 4. The third-order valence-corrected chi connectivity index (χ3v) is 2.57. The summed E-state index contributed by atoms with van der Waals surface area (Å²) in [4.78, 5) is 5.94. The lowest BCUT2D eigenvalue weighted by Gasteiger charge is -2.06. The van der Waals surface area contributed by atoms with Gasteiger partial charge in [-0.25, -0.2) is 9.69 Å². The summed E-state index contributed by atoms with van der Waals surface area (Å²) in [6.45, 7) is 7.21. The number of halogens is 4. The molecular weight excluding hydrogens is 360 g/mol. The Hall–Kier alpha value is -3.66. The molecule has 26 heavy (non-hydrogen) atoms. The fraction of sp³-hybridized carbons (Fsp3) is 0.125. The molecule has 0 unspecified atom stereocenters. The van der Waals surface area contributed by atoms with Crippen molar-refractivity contribution in [3.8, 4) is 23.0 Å². The Balaban J connectivity index is 0.000000260. The van der Waals surface area contributed by atoms with Crippen LogP contribution in [0, 0.1) is 13.1 Å². The van der Waals surface area contributed by atoms with E-state index in [0.717, 1.165) is 18.2 Å². The number of phenols is 2. The van der Waals surface area contributed by atoms with Crippen LogP contribution in [0.1, 0.15) is 0 Å². The first-order valence-corrected chi connectivity index (χ1v) is 6.57. The molecule has 0 aromatic heterocycles. The summed E-state index contributed by atoms with van der Waals surface area (Å²) in [5.74, 6) is -1.33. The van der Waals surface area contributed by atoms with E-state index in [1.807, 2.05) is 0 Å². The van der Waals surface area contributed by atoms with Crippen molar-refractivity contribution in [2.45, 2.75) is 13.2 Å². The summed E-state index contributed by atoms with van der Waals surface area (Å²) < 4.78 is 54.9. The lowest BCUT2D eigenvalue weighted by molar-refractivity contribution is -0.0514. The van der Waals surface area contributed by atoms with E-state index in [1.165, 1.54) is 18.2 Å². The van der Waals surface area contributed by atoms with Crippen LogP contribution in [0.3, 0.4) is 0 Å². The minimum atomic E-state index is -3.01. The Morgan fingerprint density at radius 1 is 0.808 bits per heavy atom. The number of phenolic OH excluding ortho intramolecular Hbond substituents is 2. The lowest BCUT2D eigenvalue weighted by atomic mass is 10.3. The van der Waals surface area contributed by atoms with Gasteiger partial charge in [-0.3, -0.25) is 0 Å². The largest absolute Gasteiger partial charge is 0.508 e. The number of benzene rings is 2. The molecular formula is C16H10F4N2O4. The molecule has 0 atom stereocenters. The lowest BCUT2D eigenvalue weighted by Crippen LogP contribution is -2.01. The highest BCUT2D eigenvalue weighted by Gasteiger charge is 2.10. The van der Waals surface area contributed by atoms with Gasteiger partial charge in [0.1, 0.15) is 11.5 Å². The van der Waals surface area contributed by atoms with Crippen LogP contribution in [0.2, 0.25) is 0 Å². The van der Waals surface area contributed by atoms with Crippen molar-refractivity contribution in [1.29, 1.82) is 0 Å². The number of aromatic hydroxyl groups is 2. The average molecular weight is 370 g/mol. The van der Waals surface area contributed by atoms with Gasteiger partial charge in [0.05, 0.1) is 13.1 Å². The van der Waals surface area contributed by atoms with Gasteiger partial charge in [-0.1, -0.05) is 6.07 Å². The third kappa shape index (κ3) is 6.45. The maximum atomic E-state index is 11.8. The second-order valence-corrected chi connectivity index (χ2v) is 4.28. The Kier molecular flexibility index (Phi) is 7.52. The second-order valence-electron chi connectivity index (χ2n) is 4.28. The molecule has 136 valence electrons. The SMILES string of the molecule is [C-]#[N+]c1ccc(O)c(OC(F)F)c1.[C-]#[N+]c1ccc(O)cc1OC(F)F. The maximum absolute atomic E-state index is 11.8. The third-order valence-electron chi connectivity index (χ3n) is 2.57. The van der Waals surface area contributed by atoms with Crippen LogP contribution in [0.4, 0.5) is 28.9 Å². The number of hydrogen-bond acceptors (Lipinski definition) is 4. The van der Waals surface area contributed by atoms with E-state index in [4.69, 9.17) is 23.4 Å². The molecule has 0 aliphatic rings. The van der Waals surface area contributed by atoms with Gasteiger partial charge in [0.2, 0.25) is 5.69 Å². The minimum Gasteiger partial charge on any atom is -0.508 e. The summed E-state index contributed by atoms with van der Waals surface area (Å²) in [6.07, 6.45) is 0. The molecule has 0 heterocycles. The van der Waals surface area contributed by atoms with Crippen LogP contribution in [-0.4, -0.2) is 23.4 Å². The minimum absolute atomic E-state index is 0.0573. The van der Waals surface area contributed by atoms with E-state index in [2.05, 4.69) is 19.2 Å². The topological polar surface area (TPSA) is 67.6 Å². The van der Waals surface area contributed by atoms with Crippen molar-refractivity contribution >= 4 is 11.4 Å². The van der Waals surface area contributed by atoms with Crippen molar-refractivity contribution in [3.05, 3.63) is 59.2 Å². The molecule has 6 nitrogen and oxygen atoms in total. The quantitative estimate of drug-likeness (QED) is 0.581. The fourth-order valence-corrected chi connectivity index (χ4v) is 1.55. The average Bonchev–Trinajstić information content (AvgIpc) is 2.57. The first kappa shape index (κ1) is 20.4. The van der Waals surface area contributed by atoms with Gasteiger partial charge in [0, 0.05) is 6.07 Å². The molecule has 0 saturated carbocycles. The highest BCUT2D eigenvalue weighted by molar-refractivity contribution is 5.59. The highest BCUT2D eigenvalue weighted by atomic mass is 19.3. The van der Waals surface area contributed by atoms with Crippen LogP contribution in [0.15, 0.2) is 36.4 Å². The smallest absolute Gasteiger partial charge is 0.387 e. The summed E-state index contributed by atoms with van der Waals surface area (Å²) in [5.41, 5.74) is 0.0755. The molecule has 2 aromatic rings. The Bertz CT molecular complexity index is 832. The Morgan fingerprint density at radius 2 is 1.42 bits per heavy atom. The van der Waals surface area contributed by atoms with E-state index in [0.29, 0.717) is 0 Å². The van der Waals surface area contributed by atoms with Gasteiger partial charge < -0.3 is 19.7 Å². The molecule has 0 bridgehead atoms. The zero-order chi connectivity index (χ0) is 19.7. The van der Waals surface area contributed by atoms with E-state index in [-0.39, 0.29) is 28.6 Å². The Morgan fingerprint density at radius 3 is 1.96 bits per heavy atom. The van der Waals surface area contributed by atoms with Gasteiger partial charge >= 0.3 is 13.2 Å². The van der Waals surface area contributed by atoms with Crippen molar-refractivity contribution in [3.63, 3.8) is 0 Å². The molecule has 2 rings (SSSR count). The molecule has 0 fully saturated rings. The monoisotopic (exact) mass is 370 g/mol. The normalized spacial score (nSPS) is 9.69. The molecule has 2 aromatic carbocycles. The summed E-state index contributed by atoms with van der Waals surface area (Å²) in [5, 5.41) is 17.9. The zero-order valence-corrected chi connectivity index (χ0v) is 12.7. The molecule has 0 spiro atoms. The first-order chi connectivity index (χ1) is 12.3. The number of ether oxygens (including phenoxy) is 2. The molecule has 2 N–H and O–H groups in total. The van der Waals surface area contributed by atoms with Crippen molar-refractivity contribution in [1.82, 2.24) is 0 Å². The maximum Gasteiger partial charge on any atom is 0.387 e. The van der Waals surface area contributed by atoms with E-state index >= 15 is 0 Å². The fourth-order valence-electron chi connectivity index (χ4n) is 1.55. The van der Waals surface area contributed by atoms with Gasteiger partial charge in [-0.15, -0.1) is 0 Å². The van der Waals surface area contributed by atoms with E-state index in [9.17, 15) is 17.6 Å². The number of hydrogen-bond donors (Lipinski definition) is 2. The predicted molar refractivity (Wildman–Crippen MR) is 82.0 cm³/mol. The molecule has 0 aliphatic carbocycles.